The summed E-state index contributed by atoms with van der Waals surface area (Å²) in [5, 5.41) is 4.35. The minimum atomic E-state index is -0.478. The lowest BCUT2D eigenvalue weighted by atomic mass is 9.70. The minimum Gasteiger partial charge on any atom is -0.481 e. The molecule has 4 nitrogen and oxygen atoms in total. The predicted molar refractivity (Wildman–Crippen MR) is 86.7 cm³/mol. The van der Waals surface area contributed by atoms with Gasteiger partial charge >= 0.3 is 0 Å². The molecule has 2 atom stereocenters. The van der Waals surface area contributed by atoms with Crippen LogP contribution in [0.3, 0.4) is 0 Å². The molecular weight excluding hydrogens is 295 g/mol. The molecule has 0 aromatic heterocycles. The Morgan fingerprint density at radius 2 is 2.13 bits per heavy atom. The van der Waals surface area contributed by atoms with Gasteiger partial charge in [0.2, 0.25) is 0 Å². The fourth-order valence-electron chi connectivity index (χ4n) is 3.96. The van der Waals surface area contributed by atoms with Crippen molar-refractivity contribution in [3.8, 4) is 5.75 Å². The van der Waals surface area contributed by atoms with Crippen molar-refractivity contribution in [3.05, 3.63) is 30.1 Å². The number of halogens is 1. The molecule has 1 aromatic carbocycles. The van der Waals surface area contributed by atoms with E-state index in [1.165, 1.54) is 18.6 Å². The number of amides is 1. The van der Waals surface area contributed by atoms with Crippen molar-refractivity contribution in [2.45, 2.75) is 40.0 Å². The second-order valence-corrected chi connectivity index (χ2v) is 7.31. The number of nitrogens with one attached hydrogen (secondary N) is 1. The van der Waals surface area contributed by atoms with Crippen LogP contribution in [-0.4, -0.2) is 18.2 Å². The van der Waals surface area contributed by atoms with Crippen molar-refractivity contribution in [1.29, 1.82) is 0 Å². The Morgan fingerprint density at radius 1 is 1.39 bits per heavy atom. The quantitative estimate of drug-likeness (QED) is 0.864. The van der Waals surface area contributed by atoms with E-state index in [0.29, 0.717) is 5.92 Å². The third-order valence-corrected chi connectivity index (χ3v) is 6.02. The maximum absolute atomic E-state index is 13.4. The van der Waals surface area contributed by atoms with Gasteiger partial charge in [0.25, 0.3) is 5.91 Å². The first-order valence-electron chi connectivity index (χ1n) is 8.08. The fourth-order valence-corrected chi connectivity index (χ4v) is 3.96. The number of hydrogen-bond acceptors (Lipinski definition) is 3. The Labute approximate surface area is 136 Å². The first-order chi connectivity index (χ1) is 10.8. The third kappa shape index (κ3) is 2.62. The minimum absolute atomic E-state index is 0.0529. The van der Waals surface area contributed by atoms with Gasteiger partial charge < -0.3 is 4.74 Å². The van der Waals surface area contributed by atoms with Gasteiger partial charge in [-0.25, -0.2) is 9.82 Å². The summed E-state index contributed by atoms with van der Waals surface area (Å²) in [4.78, 5) is 11.9. The third-order valence-electron chi connectivity index (χ3n) is 6.02. The van der Waals surface area contributed by atoms with Crippen LogP contribution in [0.1, 0.15) is 40.0 Å². The van der Waals surface area contributed by atoms with E-state index in [2.05, 4.69) is 31.3 Å². The summed E-state index contributed by atoms with van der Waals surface area (Å²) in [5.41, 5.74) is 3.91. The van der Waals surface area contributed by atoms with Crippen LogP contribution < -0.4 is 10.2 Å². The van der Waals surface area contributed by atoms with Crippen LogP contribution in [0.5, 0.6) is 5.75 Å². The molecule has 5 heteroatoms. The van der Waals surface area contributed by atoms with E-state index < -0.39 is 5.82 Å². The van der Waals surface area contributed by atoms with Crippen molar-refractivity contribution in [2.24, 2.45) is 21.8 Å². The molecule has 2 fully saturated rings. The molecule has 23 heavy (non-hydrogen) atoms. The van der Waals surface area contributed by atoms with E-state index in [0.717, 1.165) is 18.6 Å². The molecule has 0 radical (unpaired) electrons. The lowest BCUT2D eigenvalue weighted by Gasteiger charge is -2.34. The Bertz CT molecular complexity index is 656. The van der Waals surface area contributed by atoms with Crippen LogP contribution in [0.2, 0.25) is 0 Å². The van der Waals surface area contributed by atoms with Crippen molar-refractivity contribution in [2.75, 3.05) is 6.61 Å². The zero-order valence-corrected chi connectivity index (χ0v) is 13.9. The number of ether oxygens (including phenoxy) is 1. The zero-order chi connectivity index (χ0) is 16.7. The summed E-state index contributed by atoms with van der Waals surface area (Å²) in [5.74, 6) is -0.139. The van der Waals surface area contributed by atoms with Gasteiger partial charge in [0.05, 0.1) is 0 Å². The summed E-state index contributed by atoms with van der Waals surface area (Å²) < 4.78 is 18.6. The maximum atomic E-state index is 13.4. The van der Waals surface area contributed by atoms with Crippen LogP contribution in [0.25, 0.3) is 0 Å². The molecule has 124 valence electrons. The molecule has 0 saturated heterocycles. The molecule has 0 spiro atoms. The van der Waals surface area contributed by atoms with Crippen molar-refractivity contribution in [1.82, 2.24) is 5.43 Å². The average Bonchev–Trinajstić information content (AvgIpc) is 2.85. The normalized spacial score (nSPS) is 29.7. The Hall–Kier alpha value is -1.91. The fraction of sp³-hybridized carbons (Fsp3) is 0.556. The summed E-state index contributed by atoms with van der Waals surface area (Å²) in [7, 11) is 0. The Morgan fingerprint density at radius 3 is 2.74 bits per heavy atom. The van der Waals surface area contributed by atoms with E-state index in [1.807, 2.05) is 0 Å². The lowest BCUT2D eigenvalue weighted by Crippen LogP contribution is -2.35. The average molecular weight is 318 g/mol. The number of rotatable bonds is 4. The van der Waals surface area contributed by atoms with E-state index in [9.17, 15) is 9.18 Å². The van der Waals surface area contributed by atoms with Gasteiger partial charge in [0, 0.05) is 11.1 Å². The number of hydrazone groups is 1. The number of para-hydroxylation sites is 1. The number of carbonyl (C=O) groups excluding carboxylic acids is 1. The smallest absolute Gasteiger partial charge is 0.277 e. The van der Waals surface area contributed by atoms with Gasteiger partial charge in [-0.1, -0.05) is 32.9 Å². The molecule has 3 rings (SSSR count). The standard InChI is InChI=1S/C18H23FN2O2/c1-17(2)12-8-9-18(17,3)15(10-12)20-21-16(22)11-23-14-7-5-4-6-13(14)19/h4-7,12H,8-11H2,1-3H3,(H,21,22). The number of hydrogen-bond donors (Lipinski definition) is 1. The summed E-state index contributed by atoms with van der Waals surface area (Å²) in [6, 6.07) is 6.03. The maximum Gasteiger partial charge on any atom is 0.277 e. The first-order valence-corrected chi connectivity index (χ1v) is 8.08. The zero-order valence-electron chi connectivity index (χ0n) is 13.9. The molecule has 2 aliphatic rings. The molecule has 1 aromatic rings. The van der Waals surface area contributed by atoms with Crippen LogP contribution in [0.4, 0.5) is 4.39 Å². The number of nitrogens with zero attached hydrogens (tertiary/aromatic N) is 1. The number of benzene rings is 1. The van der Waals surface area contributed by atoms with Gasteiger partial charge in [-0.05, 0) is 42.7 Å². The van der Waals surface area contributed by atoms with Crippen LogP contribution in [-0.2, 0) is 4.79 Å². The van der Waals surface area contributed by atoms with Crippen molar-refractivity contribution >= 4 is 11.6 Å². The molecular formula is C18H23FN2O2. The van der Waals surface area contributed by atoms with Gasteiger partial charge in [-0.15, -0.1) is 0 Å². The molecule has 2 saturated carbocycles. The van der Waals surface area contributed by atoms with Crippen molar-refractivity contribution < 1.29 is 13.9 Å². The summed E-state index contributed by atoms with van der Waals surface area (Å²) in [6.07, 6.45) is 3.29. The van der Waals surface area contributed by atoms with Gasteiger partial charge in [-0.3, -0.25) is 4.79 Å². The molecule has 0 heterocycles. The van der Waals surface area contributed by atoms with E-state index in [-0.39, 0.29) is 29.1 Å². The molecule has 2 aliphatic carbocycles. The SMILES string of the molecule is CC12CCC(CC1=NNC(=O)COc1ccccc1F)C2(C)C. The molecule has 1 amide bonds. The van der Waals surface area contributed by atoms with Crippen LogP contribution in [0.15, 0.2) is 29.4 Å². The Kier molecular flexibility index (Phi) is 3.90. The largest absolute Gasteiger partial charge is 0.481 e. The van der Waals surface area contributed by atoms with Crippen molar-refractivity contribution in [3.63, 3.8) is 0 Å². The Balaban J connectivity index is 1.59. The van der Waals surface area contributed by atoms with Gasteiger partial charge in [0.1, 0.15) is 0 Å². The highest BCUT2D eigenvalue weighted by molar-refractivity contribution is 5.95. The summed E-state index contributed by atoms with van der Waals surface area (Å²) >= 11 is 0. The van der Waals surface area contributed by atoms with Crippen LogP contribution in [0, 0.1) is 22.6 Å². The highest BCUT2D eigenvalue weighted by Gasteiger charge is 2.59. The van der Waals surface area contributed by atoms with E-state index >= 15 is 0 Å². The highest BCUT2D eigenvalue weighted by atomic mass is 19.1. The number of carbonyl (C=O) groups is 1. The second-order valence-electron chi connectivity index (χ2n) is 7.31. The van der Waals surface area contributed by atoms with E-state index in [1.54, 1.807) is 12.1 Å². The first kappa shape index (κ1) is 16.0. The number of fused-ring (bicyclic) bond motifs is 2. The van der Waals surface area contributed by atoms with Gasteiger partial charge in [0.15, 0.2) is 18.2 Å². The topological polar surface area (TPSA) is 50.7 Å². The second kappa shape index (κ2) is 5.62. The molecule has 1 N–H and O–H groups in total. The van der Waals surface area contributed by atoms with E-state index in [4.69, 9.17) is 4.74 Å². The van der Waals surface area contributed by atoms with Crippen LogP contribution >= 0.6 is 0 Å². The molecule has 2 unspecified atom stereocenters. The lowest BCUT2D eigenvalue weighted by molar-refractivity contribution is -0.123. The summed E-state index contributed by atoms with van der Waals surface area (Å²) in [6.45, 7) is 6.56. The molecule has 2 bridgehead atoms. The van der Waals surface area contributed by atoms with Gasteiger partial charge in [-0.2, -0.15) is 5.10 Å². The molecule has 0 aliphatic heterocycles. The monoisotopic (exact) mass is 318 g/mol. The predicted octanol–water partition coefficient (Wildman–Crippen LogP) is 3.52. The highest BCUT2D eigenvalue weighted by Crippen LogP contribution is 2.63.